The predicted molar refractivity (Wildman–Crippen MR) is 97.0 cm³/mol. The molecule has 138 valence electrons. The molecule has 0 spiro atoms. The first-order chi connectivity index (χ1) is 13.0. The van der Waals surface area contributed by atoms with E-state index in [4.69, 9.17) is 4.42 Å². The highest BCUT2D eigenvalue weighted by atomic mass is 19.1. The third-order valence-corrected chi connectivity index (χ3v) is 4.43. The number of benzene rings is 1. The van der Waals surface area contributed by atoms with Gasteiger partial charge in [-0.3, -0.25) is 4.40 Å². The summed E-state index contributed by atoms with van der Waals surface area (Å²) in [5.74, 6) is 0.499. The zero-order valence-corrected chi connectivity index (χ0v) is 15.0. The third kappa shape index (κ3) is 3.32. The number of hydrogen-bond donors (Lipinski definition) is 0. The second-order valence-electron chi connectivity index (χ2n) is 6.85. The lowest BCUT2D eigenvalue weighted by molar-refractivity contribution is 0.569. The topological polar surface area (TPSA) is 56.2 Å². The van der Waals surface area contributed by atoms with Crippen molar-refractivity contribution < 1.29 is 13.2 Å². The first-order valence-corrected chi connectivity index (χ1v) is 8.76. The minimum absolute atomic E-state index is 0.184. The standard InChI is InChI=1S/C20H18F2N4O/c1-12(2)3-7-17-24-25-18-8-4-13(10-26(17)18)20-19(23-11-27-20)15-6-5-14(21)9-16(15)22/h4-6,8-12H,3,7H2,1-2H3. The zero-order chi connectivity index (χ0) is 19.0. The molecule has 3 heterocycles. The number of aromatic nitrogens is 4. The van der Waals surface area contributed by atoms with E-state index >= 15 is 0 Å². The number of fused-ring (bicyclic) bond motifs is 1. The van der Waals surface area contributed by atoms with Crippen LogP contribution in [0.2, 0.25) is 0 Å². The van der Waals surface area contributed by atoms with E-state index in [1.807, 2.05) is 22.7 Å². The second-order valence-corrected chi connectivity index (χ2v) is 6.85. The summed E-state index contributed by atoms with van der Waals surface area (Å²) in [5.41, 5.74) is 1.95. The summed E-state index contributed by atoms with van der Waals surface area (Å²) < 4.78 is 34.9. The number of halogens is 2. The van der Waals surface area contributed by atoms with Gasteiger partial charge >= 0.3 is 0 Å². The predicted octanol–water partition coefficient (Wildman–Crippen LogP) is 4.92. The molecule has 7 heteroatoms. The molecule has 0 aliphatic heterocycles. The number of hydrogen-bond acceptors (Lipinski definition) is 4. The van der Waals surface area contributed by atoms with Gasteiger partial charge in [0, 0.05) is 29.8 Å². The van der Waals surface area contributed by atoms with E-state index in [-0.39, 0.29) is 5.56 Å². The zero-order valence-electron chi connectivity index (χ0n) is 15.0. The first kappa shape index (κ1) is 17.3. The van der Waals surface area contributed by atoms with Crippen LogP contribution < -0.4 is 0 Å². The Morgan fingerprint density at radius 2 is 1.96 bits per heavy atom. The Labute approximate surface area is 154 Å². The Morgan fingerprint density at radius 3 is 2.74 bits per heavy atom. The molecule has 0 saturated heterocycles. The number of oxazole rings is 1. The Kier molecular flexibility index (Phi) is 4.43. The van der Waals surface area contributed by atoms with Crippen molar-refractivity contribution in [3.8, 4) is 22.6 Å². The molecule has 1 aromatic carbocycles. The molecule has 0 radical (unpaired) electrons. The van der Waals surface area contributed by atoms with Crippen molar-refractivity contribution in [2.45, 2.75) is 26.7 Å². The average molecular weight is 368 g/mol. The molecule has 0 amide bonds. The summed E-state index contributed by atoms with van der Waals surface area (Å²) >= 11 is 0. The first-order valence-electron chi connectivity index (χ1n) is 8.76. The summed E-state index contributed by atoms with van der Waals surface area (Å²) in [7, 11) is 0. The molecule has 0 aliphatic carbocycles. The highest BCUT2D eigenvalue weighted by molar-refractivity contribution is 5.77. The van der Waals surface area contributed by atoms with Gasteiger partial charge in [-0.1, -0.05) is 13.8 Å². The molecule has 27 heavy (non-hydrogen) atoms. The molecule has 0 aliphatic rings. The van der Waals surface area contributed by atoms with E-state index in [9.17, 15) is 8.78 Å². The number of nitrogens with zero attached hydrogens (tertiary/aromatic N) is 4. The molecule has 4 aromatic rings. The second kappa shape index (κ2) is 6.90. The van der Waals surface area contributed by atoms with Crippen molar-refractivity contribution in [1.82, 2.24) is 19.6 Å². The van der Waals surface area contributed by atoms with Gasteiger partial charge < -0.3 is 4.42 Å². The van der Waals surface area contributed by atoms with Crippen molar-refractivity contribution in [2.75, 3.05) is 0 Å². The van der Waals surface area contributed by atoms with Crippen molar-refractivity contribution in [1.29, 1.82) is 0 Å². The Bertz CT molecular complexity index is 1100. The van der Waals surface area contributed by atoms with Crippen LogP contribution in [0, 0.1) is 17.6 Å². The van der Waals surface area contributed by atoms with Crippen LogP contribution >= 0.6 is 0 Å². The van der Waals surface area contributed by atoms with Gasteiger partial charge in [0.15, 0.2) is 17.8 Å². The lowest BCUT2D eigenvalue weighted by Crippen LogP contribution is -1.99. The third-order valence-electron chi connectivity index (χ3n) is 4.43. The monoisotopic (exact) mass is 368 g/mol. The highest BCUT2D eigenvalue weighted by Gasteiger charge is 2.18. The normalized spacial score (nSPS) is 11.6. The van der Waals surface area contributed by atoms with E-state index < -0.39 is 11.6 Å². The lowest BCUT2D eigenvalue weighted by Gasteiger charge is -2.06. The maximum absolute atomic E-state index is 14.2. The van der Waals surface area contributed by atoms with Gasteiger partial charge in [-0.15, -0.1) is 10.2 Å². The molecule has 0 saturated carbocycles. The fraction of sp³-hybridized carbons (Fsp3) is 0.250. The van der Waals surface area contributed by atoms with Gasteiger partial charge in [-0.05, 0) is 36.6 Å². The van der Waals surface area contributed by atoms with Gasteiger partial charge in [0.25, 0.3) is 0 Å². The van der Waals surface area contributed by atoms with Crippen LogP contribution in [0.4, 0.5) is 8.78 Å². The van der Waals surface area contributed by atoms with E-state index in [2.05, 4.69) is 29.0 Å². The van der Waals surface area contributed by atoms with Crippen molar-refractivity contribution >= 4 is 5.65 Å². The van der Waals surface area contributed by atoms with E-state index in [0.717, 1.165) is 30.4 Å². The molecular formula is C20H18F2N4O. The van der Waals surface area contributed by atoms with Crippen LogP contribution in [0.15, 0.2) is 47.3 Å². The van der Waals surface area contributed by atoms with Crippen LogP contribution in [0.3, 0.4) is 0 Å². The highest BCUT2D eigenvalue weighted by Crippen LogP contribution is 2.33. The average Bonchev–Trinajstić information content (AvgIpc) is 3.26. The fourth-order valence-corrected chi connectivity index (χ4v) is 2.99. The van der Waals surface area contributed by atoms with Crippen LogP contribution in [-0.4, -0.2) is 19.6 Å². The number of aryl methyl sites for hydroxylation is 1. The van der Waals surface area contributed by atoms with Gasteiger partial charge in [-0.2, -0.15) is 0 Å². The molecule has 0 fully saturated rings. The minimum Gasteiger partial charge on any atom is -0.443 e. The van der Waals surface area contributed by atoms with Crippen molar-refractivity contribution in [3.05, 3.63) is 60.4 Å². The molecule has 3 aromatic heterocycles. The van der Waals surface area contributed by atoms with Gasteiger partial charge in [0.05, 0.1) is 0 Å². The van der Waals surface area contributed by atoms with Crippen molar-refractivity contribution in [2.24, 2.45) is 5.92 Å². The number of pyridine rings is 1. The summed E-state index contributed by atoms with van der Waals surface area (Å²) in [6.45, 7) is 4.32. The van der Waals surface area contributed by atoms with E-state index in [1.165, 1.54) is 18.5 Å². The lowest BCUT2D eigenvalue weighted by atomic mass is 10.1. The van der Waals surface area contributed by atoms with Crippen LogP contribution in [0.5, 0.6) is 0 Å². The molecule has 4 rings (SSSR count). The summed E-state index contributed by atoms with van der Waals surface area (Å²) in [4.78, 5) is 4.13. The Morgan fingerprint density at radius 1 is 1.11 bits per heavy atom. The van der Waals surface area contributed by atoms with Crippen molar-refractivity contribution in [3.63, 3.8) is 0 Å². The van der Waals surface area contributed by atoms with Gasteiger partial charge in [0.1, 0.15) is 23.2 Å². The quantitative estimate of drug-likeness (QED) is 0.502. The maximum Gasteiger partial charge on any atom is 0.182 e. The molecule has 5 nitrogen and oxygen atoms in total. The molecular weight excluding hydrogens is 350 g/mol. The summed E-state index contributed by atoms with van der Waals surface area (Å²) in [6.07, 6.45) is 4.91. The Balaban J connectivity index is 1.77. The summed E-state index contributed by atoms with van der Waals surface area (Å²) in [5, 5.41) is 8.45. The molecule has 0 unspecified atom stereocenters. The van der Waals surface area contributed by atoms with E-state index in [1.54, 1.807) is 0 Å². The summed E-state index contributed by atoms with van der Waals surface area (Å²) in [6, 6.07) is 7.04. The smallest absolute Gasteiger partial charge is 0.182 e. The molecule has 0 bridgehead atoms. The SMILES string of the molecule is CC(C)CCc1nnc2ccc(-c3ocnc3-c3ccc(F)cc3F)cn12. The maximum atomic E-state index is 14.2. The minimum atomic E-state index is -0.687. The Hall–Kier alpha value is -3.09. The number of rotatable bonds is 5. The van der Waals surface area contributed by atoms with Gasteiger partial charge in [-0.25, -0.2) is 13.8 Å². The molecule has 0 N–H and O–H groups in total. The van der Waals surface area contributed by atoms with Crippen LogP contribution in [-0.2, 0) is 6.42 Å². The molecule has 0 atom stereocenters. The fourth-order valence-electron chi connectivity index (χ4n) is 2.99. The van der Waals surface area contributed by atoms with Crippen LogP contribution in [0.25, 0.3) is 28.2 Å². The van der Waals surface area contributed by atoms with Crippen LogP contribution in [0.1, 0.15) is 26.1 Å². The van der Waals surface area contributed by atoms with E-state index in [0.29, 0.717) is 22.9 Å². The van der Waals surface area contributed by atoms with Gasteiger partial charge in [0.2, 0.25) is 0 Å². The largest absolute Gasteiger partial charge is 0.443 e.